The first kappa shape index (κ1) is 19.0. The van der Waals surface area contributed by atoms with Crippen LogP contribution in [0.15, 0.2) is 24.3 Å². The van der Waals surface area contributed by atoms with E-state index < -0.39 is 5.54 Å². The van der Waals surface area contributed by atoms with Crippen molar-refractivity contribution in [3.8, 4) is 5.75 Å². The number of halogens is 1. The molecule has 0 radical (unpaired) electrons. The highest BCUT2D eigenvalue weighted by atomic mass is 35.5. The number of nitrogens with two attached hydrogens (primary N) is 1. The molecule has 134 valence electrons. The minimum atomic E-state index is -0.854. The first-order chi connectivity index (χ1) is 11.2. The summed E-state index contributed by atoms with van der Waals surface area (Å²) < 4.78 is 16.6. The highest BCUT2D eigenvalue weighted by Gasteiger charge is 2.35. The van der Waals surface area contributed by atoms with Crippen LogP contribution in [0.3, 0.4) is 0 Å². The Morgan fingerprint density at radius 2 is 2.12 bits per heavy atom. The van der Waals surface area contributed by atoms with Gasteiger partial charge in [-0.15, -0.1) is 12.4 Å². The SMILES string of the molecule is Cl.NC1(C(=O)Nc2cccc(OCC3CCCO3)c2)CCOCC1. The maximum atomic E-state index is 12.4. The summed E-state index contributed by atoms with van der Waals surface area (Å²) in [6, 6.07) is 7.37. The molecule has 2 fully saturated rings. The minimum absolute atomic E-state index is 0. The molecule has 0 aromatic heterocycles. The number of hydrogen-bond donors (Lipinski definition) is 2. The lowest BCUT2D eigenvalue weighted by atomic mass is 9.90. The van der Waals surface area contributed by atoms with E-state index in [4.69, 9.17) is 19.9 Å². The van der Waals surface area contributed by atoms with Crippen molar-refractivity contribution in [3.05, 3.63) is 24.3 Å². The van der Waals surface area contributed by atoms with E-state index in [1.807, 2.05) is 24.3 Å². The van der Waals surface area contributed by atoms with E-state index in [0.717, 1.165) is 25.2 Å². The van der Waals surface area contributed by atoms with E-state index in [0.29, 0.717) is 38.3 Å². The molecule has 1 unspecified atom stereocenters. The Kier molecular flexibility index (Phi) is 6.86. The van der Waals surface area contributed by atoms with Crippen LogP contribution in [0.25, 0.3) is 0 Å². The van der Waals surface area contributed by atoms with Crippen LogP contribution in [0.1, 0.15) is 25.7 Å². The fourth-order valence-electron chi connectivity index (χ4n) is 2.85. The monoisotopic (exact) mass is 356 g/mol. The van der Waals surface area contributed by atoms with Gasteiger partial charge in [-0.2, -0.15) is 0 Å². The van der Waals surface area contributed by atoms with Crippen molar-refractivity contribution < 1.29 is 19.0 Å². The number of anilines is 1. The van der Waals surface area contributed by atoms with Crippen molar-refractivity contribution in [2.45, 2.75) is 37.3 Å². The number of nitrogens with one attached hydrogen (secondary N) is 1. The van der Waals surface area contributed by atoms with Gasteiger partial charge in [-0.25, -0.2) is 0 Å². The Bertz CT molecular complexity index is 543. The second-order valence-electron chi connectivity index (χ2n) is 6.20. The Morgan fingerprint density at radius 1 is 1.33 bits per heavy atom. The molecule has 0 saturated carbocycles. The third-order valence-electron chi connectivity index (χ3n) is 4.39. The molecular formula is C17H25ClN2O4. The molecule has 24 heavy (non-hydrogen) atoms. The number of amides is 1. The van der Waals surface area contributed by atoms with E-state index in [2.05, 4.69) is 5.32 Å². The van der Waals surface area contributed by atoms with Gasteiger partial charge in [0, 0.05) is 31.6 Å². The topological polar surface area (TPSA) is 82.8 Å². The third-order valence-corrected chi connectivity index (χ3v) is 4.39. The van der Waals surface area contributed by atoms with E-state index >= 15 is 0 Å². The molecule has 3 N–H and O–H groups in total. The van der Waals surface area contributed by atoms with Crippen LogP contribution >= 0.6 is 12.4 Å². The molecule has 2 aliphatic heterocycles. The average Bonchev–Trinajstić information content (AvgIpc) is 3.07. The Morgan fingerprint density at radius 3 is 2.83 bits per heavy atom. The highest BCUT2D eigenvalue weighted by Crippen LogP contribution is 2.23. The van der Waals surface area contributed by atoms with Crippen molar-refractivity contribution in [2.75, 3.05) is 31.7 Å². The summed E-state index contributed by atoms with van der Waals surface area (Å²) in [5.74, 6) is 0.549. The van der Waals surface area contributed by atoms with Gasteiger partial charge in [-0.05, 0) is 37.8 Å². The third kappa shape index (κ3) is 4.83. The van der Waals surface area contributed by atoms with Gasteiger partial charge >= 0.3 is 0 Å². The number of rotatable bonds is 5. The molecule has 1 aromatic rings. The van der Waals surface area contributed by atoms with Gasteiger partial charge in [-0.3, -0.25) is 4.79 Å². The van der Waals surface area contributed by atoms with E-state index in [9.17, 15) is 4.79 Å². The van der Waals surface area contributed by atoms with E-state index in [1.165, 1.54) is 0 Å². The van der Waals surface area contributed by atoms with Crippen molar-refractivity contribution >= 4 is 24.0 Å². The second kappa shape index (κ2) is 8.67. The van der Waals surface area contributed by atoms with Crippen LogP contribution in [0, 0.1) is 0 Å². The van der Waals surface area contributed by atoms with Crippen molar-refractivity contribution in [3.63, 3.8) is 0 Å². The van der Waals surface area contributed by atoms with Crippen LogP contribution < -0.4 is 15.8 Å². The lowest BCUT2D eigenvalue weighted by Gasteiger charge is -2.31. The summed E-state index contributed by atoms with van der Waals surface area (Å²) in [6.07, 6.45) is 3.37. The summed E-state index contributed by atoms with van der Waals surface area (Å²) in [5, 5.41) is 2.89. The number of ether oxygens (including phenoxy) is 3. The van der Waals surface area contributed by atoms with Crippen LogP contribution in [0.4, 0.5) is 5.69 Å². The Hall–Kier alpha value is -1.34. The zero-order chi connectivity index (χ0) is 16.1. The van der Waals surface area contributed by atoms with E-state index in [-0.39, 0.29) is 24.4 Å². The number of carbonyl (C=O) groups excluding carboxylic acids is 1. The molecule has 2 aliphatic rings. The molecule has 6 nitrogen and oxygen atoms in total. The predicted molar refractivity (Wildman–Crippen MR) is 93.8 cm³/mol. The maximum Gasteiger partial charge on any atom is 0.244 e. The average molecular weight is 357 g/mol. The molecule has 1 amide bonds. The first-order valence-corrected chi connectivity index (χ1v) is 8.18. The van der Waals surface area contributed by atoms with Crippen molar-refractivity contribution in [2.24, 2.45) is 5.73 Å². The molecule has 1 atom stereocenters. The minimum Gasteiger partial charge on any atom is -0.491 e. The molecule has 2 saturated heterocycles. The normalized spacial score (nSPS) is 22.5. The van der Waals surface area contributed by atoms with Gasteiger partial charge in [0.25, 0.3) is 0 Å². The van der Waals surface area contributed by atoms with Crippen LogP contribution in [0.2, 0.25) is 0 Å². The first-order valence-electron chi connectivity index (χ1n) is 8.18. The second-order valence-corrected chi connectivity index (χ2v) is 6.20. The van der Waals surface area contributed by atoms with Gasteiger partial charge in [-0.1, -0.05) is 6.07 Å². The van der Waals surface area contributed by atoms with Crippen LogP contribution in [-0.4, -0.2) is 44.0 Å². The molecule has 0 spiro atoms. The molecule has 2 heterocycles. The van der Waals surface area contributed by atoms with Gasteiger partial charge < -0.3 is 25.3 Å². The number of carbonyl (C=O) groups is 1. The quantitative estimate of drug-likeness (QED) is 0.844. The van der Waals surface area contributed by atoms with Crippen LogP contribution in [0.5, 0.6) is 5.75 Å². The van der Waals surface area contributed by atoms with Gasteiger partial charge in [0.15, 0.2) is 0 Å². The molecule has 7 heteroatoms. The zero-order valence-corrected chi connectivity index (χ0v) is 14.5. The van der Waals surface area contributed by atoms with Crippen molar-refractivity contribution in [1.82, 2.24) is 0 Å². The van der Waals surface area contributed by atoms with Gasteiger partial charge in [0.1, 0.15) is 17.9 Å². The molecule has 3 rings (SSSR count). The van der Waals surface area contributed by atoms with Crippen LogP contribution in [-0.2, 0) is 14.3 Å². The molecule has 0 aliphatic carbocycles. The molecule has 0 bridgehead atoms. The Labute approximate surface area is 148 Å². The van der Waals surface area contributed by atoms with Crippen molar-refractivity contribution in [1.29, 1.82) is 0 Å². The fourth-order valence-corrected chi connectivity index (χ4v) is 2.85. The maximum absolute atomic E-state index is 12.4. The summed E-state index contributed by atoms with van der Waals surface area (Å²) in [4.78, 5) is 12.4. The summed E-state index contributed by atoms with van der Waals surface area (Å²) in [7, 11) is 0. The molecule has 1 aromatic carbocycles. The Balaban J connectivity index is 0.00000208. The lowest BCUT2D eigenvalue weighted by Crippen LogP contribution is -2.54. The summed E-state index contributed by atoms with van der Waals surface area (Å²) >= 11 is 0. The van der Waals surface area contributed by atoms with Gasteiger partial charge in [0.05, 0.1) is 6.10 Å². The highest BCUT2D eigenvalue weighted by molar-refractivity contribution is 5.98. The largest absolute Gasteiger partial charge is 0.491 e. The lowest BCUT2D eigenvalue weighted by molar-refractivity contribution is -0.124. The standard InChI is InChI=1S/C17H24N2O4.ClH/c18-17(6-9-21-10-7-17)16(20)19-13-3-1-4-14(11-13)23-12-15-5-2-8-22-15;/h1,3-4,11,15H,2,5-10,12,18H2,(H,19,20);1H. The summed E-state index contributed by atoms with van der Waals surface area (Å²) in [6.45, 7) is 2.39. The predicted octanol–water partition coefficient (Wildman–Crippen LogP) is 2.11. The smallest absolute Gasteiger partial charge is 0.244 e. The number of benzene rings is 1. The van der Waals surface area contributed by atoms with E-state index in [1.54, 1.807) is 0 Å². The van der Waals surface area contributed by atoms with Gasteiger partial charge in [0.2, 0.25) is 5.91 Å². The summed E-state index contributed by atoms with van der Waals surface area (Å²) in [5.41, 5.74) is 6.03. The number of hydrogen-bond acceptors (Lipinski definition) is 5. The zero-order valence-electron chi connectivity index (χ0n) is 13.7. The molecular weight excluding hydrogens is 332 g/mol. The fraction of sp³-hybridized carbons (Fsp3) is 0.588.